The van der Waals surface area contributed by atoms with Crippen molar-refractivity contribution < 1.29 is 22.0 Å². The smallest absolute Gasteiger partial charge is 0.243 e. The lowest BCUT2D eigenvalue weighted by Gasteiger charge is -2.23. The Kier molecular flexibility index (Phi) is 17.6. The van der Waals surface area contributed by atoms with Crippen molar-refractivity contribution in [3.63, 3.8) is 0 Å². The van der Waals surface area contributed by atoms with Gasteiger partial charge in [0, 0.05) is 47.7 Å². The van der Waals surface area contributed by atoms with Gasteiger partial charge in [0.1, 0.15) is 5.69 Å². The average molecular weight is 733 g/mol. The second-order valence-corrected chi connectivity index (χ2v) is 17.3. The number of nitroso groups, excluding NO2 is 1. The third-order valence-electron chi connectivity index (χ3n) is 9.55. The molecule has 0 atom stereocenters. The molecule has 0 aromatic heterocycles. The van der Waals surface area contributed by atoms with Crippen molar-refractivity contribution in [1.29, 1.82) is 0 Å². The second kappa shape index (κ2) is 21.0. The Morgan fingerprint density at radius 2 is 0.880 bits per heavy atom. The van der Waals surface area contributed by atoms with Crippen LogP contribution in [0.25, 0.3) is 21.5 Å². The van der Waals surface area contributed by atoms with Crippen LogP contribution in [0.15, 0.2) is 51.4 Å². The standard InChI is InChI=1S/C38H60N4O6S2/c1-5-9-13-17-25-41(26-18-14-10-6-2)49(45,46)31-21-23-33-35(29-31)38(40-44)36-30-32(22-24-34(36)37(33)39-43)50(47,48)42(27-19-15-11-7-3)28-20-16-12-8-4/h21-24,29-30,39,43H,5-20,25-28H2,1-4H3. The Morgan fingerprint density at radius 3 is 1.16 bits per heavy atom. The van der Waals surface area contributed by atoms with Crippen LogP contribution in [0.2, 0.25) is 0 Å². The fourth-order valence-electron chi connectivity index (χ4n) is 6.57. The van der Waals surface area contributed by atoms with Crippen LogP contribution >= 0.6 is 0 Å². The van der Waals surface area contributed by atoms with E-state index in [9.17, 15) is 26.9 Å². The highest BCUT2D eigenvalue weighted by molar-refractivity contribution is 7.89. The molecule has 50 heavy (non-hydrogen) atoms. The molecule has 0 saturated carbocycles. The lowest BCUT2D eigenvalue weighted by Crippen LogP contribution is -2.33. The van der Waals surface area contributed by atoms with Crippen LogP contribution in [0.5, 0.6) is 0 Å². The molecule has 2 N–H and O–H groups in total. The lowest BCUT2D eigenvalue weighted by molar-refractivity contribution is 0.385. The second-order valence-electron chi connectivity index (χ2n) is 13.4. The summed E-state index contributed by atoms with van der Waals surface area (Å²) in [4.78, 5) is 12.6. The van der Waals surface area contributed by atoms with Crippen molar-refractivity contribution in [1.82, 2.24) is 8.61 Å². The highest BCUT2D eigenvalue weighted by atomic mass is 32.2. The van der Waals surface area contributed by atoms with Crippen molar-refractivity contribution in [3.8, 4) is 0 Å². The third-order valence-corrected chi connectivity index (χ3v) is 13.3. The molecule has 0 saturated heterocycles. The van der Waals surface area contributed by atoms with Gasteiger partial charge in [-0.05, 0) is 55.1 Å². The summed E-state index contributed by atoms with van der Waals surface area (Å²) in [7, 11) is -7.86. The van der Waals surface area contributed by atoms with E-state index in [4.69, 9.17) is 0 Å². The van der Waals surface area contributed by atoms with E-state index in [2.05, 4.69) is 38.4 Å². The normalized spacial score (nSPS) is 12.5. The number of nitrogens with one attached hydrogen (secondary N) is 1. The predicted molar refractivity (Wildman–Crippen MR) is 206 cm³/mol. The molecule has 3 rings (SSSR count). The maximum Gasteiger partial charge on any atom is 0.243 e. The third kappa shape index (κ3) is 10.7. The first-order valence-electron chi connectivity index (χ1n) is 18.9. The van der Waals surface area contributed by atoms with E-state index in [0.29, 0.717) is 37.0 Å². The molecule has 12 heteroatoms. The fourth-order valence-corrected chi connectivity index (χ4v) is 9.65. The van der Waals surface area contributed by atoms with E-state index in [1.165, 1.54) is 24.3 Å². The molecule has 0 unspecified atom stereocenters. The molecule has 280 valence electrons. The summed E-state index contributed by atoms with van der Waals surface area (Å²) < 4.78 is 59.5. The van der Waals surface area contributed by atoms with Crippen LogP contribution in [0.1, 0.15) is 130 Å². The van der Waals surface area contributed by atoms with Gasteiger partial charge in [0.05, 0.1) is 15.5 Å². The van der Waals surface area contributed by atoms with Gasteiger partial charge in [0.25, 0.3) is 0 Å². The summed E-state index contributed by atoms with van der Waals surface area (Å²) in [5.41, 5.74) is 2.39. The van der Waals surface area contributed by atoms with E-state index < -0.39 is 20.0 Å². The summed E-state index contributed by atoms with van der Waals surface area (Å²) in [6.45, 7) is 10.1. The molecule has 0 aliphatic carbocycles. The Labute approximate surface area is 301 Å². The van der Waals surface area contributed by atoms with Crippen molar-refractivity contribution >= 4 is 53.0 Å². The van der Waals surface area contributed by atoms with Crippen LogP contribution in [-0.4, -0.2) is 56.8 Å². The molecule has 0 fully saturated rings. The number of unbranched alkanes of at least 4 members (excludes halogenated alkanes) is 12. The first-order valence-corrected chi connectivity index (χ1v) is 21.8. The SMILES string of the molecule is CCCCCCN(CCCCCC)S(=O)(=O)c1ccc2c(NO)c3ccc(S(=O)(=O)N(CCCCCC)CCCCCC)cc3c(N=O)c2c1. The number of fused-ring (bicyclic) bond motifs is 2. The van der Waals surface area contributed by atoms with Gasteiger partial charge in [-0.1, -0.05) is 117 Å². The molecular weight excluding hydrogens is 673 g/mol. The topological polar surface area (TPSA) is 136 Å². The van der Waals surface area contributed by atoms with E-state index >= 15 is 0 Å². The van der Waals surface area contributed by atoms with Crippen molar-refractivity contribution in [2.75, 3.05) is 31.7 Å². The zero-order valence-electron chi connectivity index (χ0n) is 30.8. The van der Waals surface area contributed by atoms with Crippen LogP contribution in [0.3, 0.4) is 0 Å². The van der Waals surface area contributed by atoms with E-state index in [1.54, 1.807) is 20.7 Å². The first-order chi connectivity index (χ1) is 24.1. The lowest BCUT2D eigenvalue weighted by atomic mass is 9.99. The highest BCUT2D eigenvalue weighted by Crippen LogP contribution is 2.43. The molecule has 0 amide bonds. The summed E-state index contributed by atoms with van der Waals surface area (Å²) in [6.07, 6.45) is 15.1. The molecule has 0 bridgehead atoms. The molecule has 0 aliphatic rings. The number of benzene rings is 3. The fraction of sp³-hybridized carbons (Fsp3) is 0.632. The van der Waals surface area contributed by atoms with Gasteiger partial charge in [-0.3, -0.25) is 10.7 Å². The molecule has 0 aliphatic heterocycles. The maximum atomic E-state index is 14.1. The van der Waals surface area contributed by atoms with Crippen LogP contribution in [-0.2, 0) is 20.0 Å². The van der Waals surface area contributed by atoms with Crippen molar-refractivity contribution in [2.45, 2.75) is 140 Å². The van der Waals surface area contributed by atoms with Crippen LogP contribution in [0, 0.1) is 4.91 Å². The largest absolute Gasteiger partial charge is 0.291 e. The molecule has 3 aromatic rings. The summed E-state index contributed by atoms with van der Waals surface area (Å²) in [5.74, 6) is 0. The van der Waals surface area contributed by atoms with Gasteiger partial charge in [-0.25, -0.2) is 16.8 Å². The zero-order valence-corrected chi connectivity index (χ0v) is 32.4. The summed E-state index contributed by atoms with van der Waals surface area (Å²) in [6, 6.07) is 9.00. The van der Waals surface area contributed by atoms with E-state index in [1.807, 2.05) is 0 Å². The Bertz CT molecular complexity index is 1590. The summed E-state index contributed by atoms with van der Waals surface area (Å²) in [5, 5.41) is 14.9. The average Bonchev–Trinajstić information content (AvgIpc) is 3.11. The van der Waals surface area contributed by atoms with E-state index in [0.717, 1.165) is 103 Å². The molecule has 0 radical (unpaired) electrons. The minimum absolute atomic E-state index is 0.0261. The van der Waals surface area contributed by atoms with E-state index in [-0.39, 0.29) is 31.9 Å². The van der Waals surface area contributed by atoms with Gasteiger partial charge in [0.15, 0.2) is 0 Å². The number of rotatable bonds is 26. The van der Waals surface area contributed by atoms with Crippen molar-refractivity contribution in [3.05, 3.63) is 41.3 Å². The molecule has 3 aromatic carbocycles. The summed E-state index contributed by atoms with van der Waals surface area (Å²) >= 11 is 0. The molecule has 10 nitrogen and oxygen atoms in total. The van der Waals surface area contributed by atoms with Gasteiger partial charge < -0.3 is 0 Å². The van der Waals surface area contributed by atoms with Crippen LogP contribution < -0.4 is 5.48 Å². The van der Waals surface area contributed by atoms with Gasteiger partial charge in [-0.2, -0.15) is 8.61 Å². The number of hydrogen-bond acceptors (Lipinski definition) is 8. The monoisotopic (exact) mass is 732 g/mol. The van der Waals surface area contributed by atoms with Crippen LogP contribution in [0.4, 0.5) is 11.4 Å². The Hall–Kier alpha value is -2.64. The number of sulfonamides is 2. The molecule has 0 spiro atoms. The maximum absolute atomic E-state index is 14.1. The van der Waals surface area contributed by atoms with Crippen molar-refractivity contribution in [2.24, 2.45) is 5.18 Å². The van der Waals surface area contributed by atoms with Gasteiger partial charge >= 0.3 is 0 Å². The Morgan fingerprint density at radius 1 is 0.540 bits per heavy atom. The predicted octanol–water partition coefficient (Wildman–Crippen LogP) is 10.5. The highest BCUT2D eigenvalue weighted by Gasteiger charge is 2.28. The van der Waals surface area contributed by atoms with Gasteiger partial charge in [0.2, 0.25) is 20.0 Å². The minimum Gasteiger partial charge on any atom is -0.291 e. The Balaban J connectivity index is 2.13. The molecule has 0 heterocycles. The quantitative estimate of drug-likeness (QED) is 0.0363. The number of anilines is 1. The number of hydrogen-bond donors (Lipinski definition) is 2. The van der Waals surface area contributed by atoms with Gasteiger partial charge in [-0.15, -0.1) is 4.91 Å². The minimum atomic E-state index is -3.93. The first kappa shape index (κ1) is 41.8. The molecular formula is C38H60N4O6S2. The number of nitrogens with zero attached hydrogens (tertiary/aromatic N) is 3. The zero-order chi connectivity index (χ0) is 36.6.